The van der Waals surface area contributed by atoms with Crippen LogP contribution >= 0.6 is 0 Å². The van der Waals surface area contributed by atoms with Crippen molar-refractivity contribution in [3.8, 4) is 0 Å². The standard InChI is InChI=1S/C19H22N4O/c1-12-13(2)21-17-8-7-14(11-16(12)17)19(24)22-18-9-10-20-23(18)15-5-3-4-6-15/h7-11,15,21H,3-6H2,1-2H3,(H,22,24). The van der Waals surface area contributed by atoms with E-state index in [-0.39, 0.29) is 5.91 Å². The summed E-state index contributed by atoms with van der Waals surface area (Å²) in [5.41, 5.74) is 4.07. The SMILES string of the molecule is Cc1[nH]c2ccc(C(=O)Nc3ccnn3C3CCCC3)cc2c1C. The number of aromatic amines is 1. The van der Waals surface area contributed by atoms with Crippen LogP contribution in [0.15, 0.2) is 30.5 Å². The number of aromatic nitrogens is 3. The van der Waals surface area contributed by atoms with Gasteiger partial charge in [-0.05, 0) is 50.5 Å². The second-order valence-electron chi connectivity index (χ2n) is 6.69. The van der Waals surface area contributed by atoms with E-state index in [1.807, 2.05) is 28.9 Å². The van der Waals surface area contributed by atoms with Gasteiger partial charge in [0, 0.05) is 28.2 Å². The molecule has 1 amide bonds. The van der Waals surface area contributed by atoms with Crippen molar-refractivity contribution in [2.75, 3.05) is 5.32 Å². The number of rotatable bonds is 3. The Balaban J connectivity index is 1.60. The Labute approximate surface area is 141 Å². The average molecular weight is 322 g/mol. The van der Waals surface area contributed by atoms with Crippen molar-refractivity contribution in [3.63, 3.8) is 0 Å². The highest BCUT2D eigenvalue weighted by atomic mass is 16.1. The van der Waals surface area contributed by atoms with Gasteiger partial charge in [0.1, 0.15) is 5.82 Å². The van der Waals surface area contributed by atoms with Gasteiger partial charge in [0.05, 0.1) is 12.2 Å². The fraction of sp³-hybridized carbons (Fsp3) is 0.368. The minimum atomic E-state index is -0.0881. The number of fused-ring (bicyclic) bond motifs is 1. The number of anilines is 1. The Morgan fingerprint density at radius 3 is 2.83 bits per heavy atom. The summed E-state index contributed by atoms with van der Waals surface area (Å²) < 4.78 is 1.97. The molecule has 1 saturated carbocycles. The second-order valence-corrected chi connectivity index (χ2v) is 6.69. The molecule has 0 aliphatic heterocycles. The van der Waals surface area contributed by atoms with Gasteiger partial charge in [-0.1, -0.05) is 12.8 Å². The average Bonchev–Trinajstić information content (AvgIpc) is 3.29. The Bertz CT molecular complexity index is 899. The Morgan fingerprint density at radius 1 is 1.25 bits per heavy atom. The molecule has 1 fully saturated rings. The van der Waals surface area contributed by atoms with E-state index in [0.717, 1.165) is 35.3 Å². The largest absolute Gasteiger partial charge is 0.358 e. The molecular weight excluding hydrogens is 300 g/mol. The lowest BCUT2D eigenvalue weighted by Crippen LogP contribution is -2.17. The van der Waals surface area contributed by atoms with E-state index < -0.39 is 0 Å². The third-order valence-corrected chi connectivity index (χ3v) is 5.15. The van der Waals surface area contributed by atoms with Crippen molar-refractivity contribution in [3.05, 3.63) is 47.3 Å². The highest BCUT2D eigenvalue weighted by Crippen LogP contribution is 2.31. The monoisotopic (exact) mass is 322 g/mol. The third kappa shape index (κ3) is 2.50. The molecule has 1 aromatic carbocycles. The summed E-state index contributed by atoms with van der Waals surface area (Å²) in [7, 11) is 0. The predicted molar refractivity (Wildman–Crippen MR) is 95.5 cm³/mol. The first-order chi connectivity index (χ1) is 11.6. The smallest absolute Gasteiger partial charge is 0.256 e. The van der Waals surface area contributed by atoms with Crippen molar-refractivity contribution >= 4 is 22.6 Å². The Hall–Kier alpha value is -2.56. The van der Waals surface area contributed by atoms with Crippen molar-refractivity contribution in [2.45, 2.75) is 45.6 Å². The van der Waals surface area contributed by atoms with Crippen LogP contribution in [-0.2, 0) is 0 Å². The number of nitrogens with one attached hydrogen (secondary N) is 2. The number of nitrogens with zero attached hydrogens (tertiary/aromatic N) is 2. The molecule has 4 rings (SSSR count). The molecular formula is C19H22N4O. The zero-order valence-electron chi connectivity index (χ0n) is 14.1. The minimum Gasteiger partial charge on any atom is -0.358 e. The van der Waals surface area contributed by atoms with Crippen molar-refractivity contribution < 1.29 is 4.79 Å². The van der Waals surface area contributed by atoms with Gasteiger partial charge in [-0.15, -0.1) is 0 Å². The van der Waals surface area contributed by atoms with Gasteiger partial charge in [-0.2, -0.15) is 5.10 Å². The van der Waals surface area contributed by atoms with Crippen LogP contribution in [0.1, 0.15) is 53.3 Å². The predicted octanol–water partition coefficient (Wildman–Crippen LogP) is 4.35. The molecule has 5 nitrogen and oxygen atoms in total. The van der Waals surface area contributed by atoms with Gasteiger partial charge in [0.2, 0.25) is 0 Å². The van der Waals surface area contributed by atoms with E-state index in [9.17, 15) is 4.79 Å². The van der Waals surface area contributed by atoms with E-state index in [2.05, 4.69) is 29.2 Å². The van der Waals surface area contributed by atoms with Crippen LogP contribution in [0.25, 0.3) is 10.9 Å². The maximum Gasteiger partial charge on any atom is 0.256 e. The fourth-order valence-corrected chi connectivity index (χ4v) is 3.64. The molecule has 1 aliphatic carbocycles. The molecule has 2 aromatic heterocycles. The number of amides is 1. The molecule has 2 N–H and O–H groups in total. The highest BCUT2D eigenvalue weighted by molar-refractivity contribution is 6.06. The summed E-state index contributed by atoms with van der Waals surface area (Å²) in [6.45, 7) is 4.13. The van der Waals surface area contributed by atoms with Gasteiger partial charge in [0.15, 0.2) is 0 Å². The van der Waals surface area contributed by atoms with E-state index >= 15 is 0 Å². The number of hydrogen-bond acceptors (Lipinski definition) is 2. The van der Waals surface area contributed by atoms with Crippen molar-refractivity contribution in [2.24, 2.45) is 0 Å². The number of benzene rings is 1. The third-order valence-electron chi connectivity index (χ3n) is 5.15. The summed E-state index contributed by atoms with van der Waals surface area (Å²) >= 11 is 0. The molecule has 3 aromatic rings. The molecule has 2 heterocycles. The highest BCUT2D eigenvalue weighted by Gasteiger charge is 2.21. The number of carbonyl (C=O) groups excluding carboxylic acids is 1. The van der Waals surface area contributed by atoms with Crippen LogP contribution in [0, 0.1) is 13.8 Å². The summed E-state index contributed by atoms with van der Waals surface area (Å²) in [5, 5.41) is 8.54. The summed E-state index contributed by atoms with van der Waals surface area (Å²) in [5.74, 6) is 0.698. The molecule has 0 atom stereocenters. The summed E-state index contributed by atoms with van der Waals surface area (Å²) in [4.78, 5) is 16.0. The van der Waals surface area contributed by atoms with Gasteiger partial charge in [-0.25, -0.2) is 4.68 Å². The number of H-pyrrole nitrogens is 1. The Morgan fingerprint density at radius 2 is 2.04 bits per heavy atom. The van der Waals surface area contributed by atoms with Gasteiger partial charge >= 0.3 is 0 Å². The maximum absolute atomic E-state index is 12.7. The molecule has 0 spiro atoms. The van der Waals surface area contributed by atoms with E-state index in [1.54, 1.807) is 6.20 Å². The first-order valence-electron chi connectivity index (χ1n) is 8.57. The van der Waals surface area contributed by atoms with Crippen molar-refractivity contribution in [1.82, 2.24) is 14.8 Å². The lowest BCUT2D eigenvalue weighted by molar-refractivity contribution is 0.102. The summed E-state index contributed by atoms with van der Waals surface area (Å²) in [6, 6.07) is 8.08. The summed E-state index contributed by atoms with van der Waals surface area (Å²) in [6.07, 6.45) is 6.51. The normalized spacial score (nSPS) is 15.2. The fourth-order valence-electron chi connectivity index (χ4n) is 3.64. The first-order valence-corrected chi connectivity index (χ1v) is 8.57. The van der Waals surface area contributed by atoms with Crippen LogP contribution in [0.3, 0.4) is 0 Å². The number of carbonyl (C=O) groups is 1. The van der Waals surface area contributed by atoms with E-state index in [4.69, 9.17) is 0 Å². The van der Waals surface area contributed by atoms with Crippen LogP contribution in [0.4, 0.5) is 5.82 Å². The lowest BCUT2D eigenvalue weighted by atomic mass is 10.1. The molecule has 124 valence electrons. The van der Waals surface area contributed by atoms with Gasteiger partial charge < -0.3 is 10.3 Å². The van der Waals surface area contributed by atoms with Crippen LogP contribution < -0.4 is 5.32 Å². The molecule has 5 heteroatoms. The molecule has 0 bridgehead atoms. The molecule has 0 radical (unpaired) electrons. The maximum atomic E-state index is 12.7. The first kappa shape index (κ1) is 15.0. The topological polar surface area (TPSA) is 62.7 Å². The zero-order valence-corrected chi connectivity index (χ0v) is 14.1. The minimum absolute atomic E-state index is 0.0881. The second kappa shape index (κ2) is 5.82. The number of hydrogen-bond donors (Lipinski definition) is 2. The van der Waals surface area contributed by atoms with Crippen molar-refractivity contribution in [1.29, 1.82) is 0 Å². The van der Waals surface area contributed by atoms with Crippen LogP contribution in [0.5, 0.6) is 0 Å². The number of aryl methyl sites for hydroxylation is 2. The zero-order chi connectivity index (χ0) is 16.7. The van der Waals surface area contributed by atoms with E-state index in [1.165, 1.54) is 18.4 Å². The molecule has 24 heavy (non-hydrogen) atoms. The van der Waals surface area contributed by atoms with Crippen LogP contribution in [-0.4, -0.2) is 20.7 Å². The quantitative estimate of drug-likeness (QED) is 0.753. The van der Waals surface area contributed by atoms with E-state index in [0.29, 0.717) is 11.6 Å². The van der Waals surface area contributed by atoms with Gasteiger partial charge in [0.25, 0.3) is 5.91 Å². The molecule has 1 aliphatic rings. The molecule has 0 unspecified atom stereocenters. The Kier molecular flexibility index (Phi) is 3.63. The van der Waals surface area contributed by atoms with Crippen LogP contribution in [0.2, 0.25) is 0 Å². The van der Waals surface area contributed by atoms with Gasteiger partial charge in [-0.3, -0.25) is 4.79 Å². The molecule has 0 saturated heterocycles. The lowest BCUT2D eigenvalue weighted by Gasteiger charge is -2.14.